The van der Waals surface area contributed by atoms with E-state index in [4.69, 9.17) is 39.5 Å². The summed E-state index contributed by atoms with van der Waals surface area (Å²) in [4.78, 5) is 23.8. The van der Waals surface area contributed by atoms with Gasteiger partial charge in [-0.15, -0.1) is 0 Å². The van der Waals surface area contributed by atoms with Gasteiger partial charge in [-0.05, 0) is 36.4 Å². The third-order valence-corrected chi connectivity index (χ3v) is 3.63. The molecular formula is C16H13Cl3N2O3. The van der Waals surface area contributed by atoms with Crippen molar-refractivity contribution in [1.29, 1.82) is 0 Å². The summed E-state index contributed by atoms with van der Waals surface area (Å²) in [5.41, 5.74) is 0.877. The maximum absolute atomic E-state index is 11.9. The molecule has 2 amide bonds. The number of rotatable bonds is 5. The highest BCUT2D eigenvalue weighted by molar-refractivity contribution is 6.35. The lowest BCUT2D eigenvalue weighted by molar-refractivity contribution is -0.123. The molecule has 0 atom stereocenters. The molecule has 8 heteroatoms. The molecule has 0 fully saturated rings. The Hall–Kier alpha value is -1.95. The highest BCUT2D eigenvalue weighted by Crippen LogP contribution is 2.27. The van der Waals surface area contributed by atoms with Gasteiger partial charge >= 0.3 is 0 Å². The maximum atomic E-state index is 11.9. The van der Waals surface area contributed by atoms with Crippen LogP contribution in [-0.4, -0.2) is 18.9 Å². The monoisotopic (exact) mass is 386 g/mol. The molecule has 2 aromatic rings. The van der Waals surface area contributed by atoms with Crippen LogP contribution >= 0.6 is 34.8 Å². The first-order valence-electron chi connectivity index (χ1n) is 6.76. The first kappa shape index (κ1) is 18.4. The molecule has 2 aromatic carbocycles. The summed E-state index contributed by atoms with van der Waals surface area (Å²) in [6.07, 6.45) is -0.367. The van der Waals surface area contributed by atoms with Gasteiger partial charge in [0.25, 0.3) is 0 Å². The number of carbonyl (C=O) groups excluding carboxylic acids is 2. The van der Waals surface area contributed by atoms with Crippen LogP contribution in [0.25, 0.3) is 0 Å². The highest BCUT2D eigenvalue weighted by Gasteiger charge is 2.12. The van der Waals surface area contributed by atoms with E-state index in [2.05, 4.69) is 10.6 Å². The van der Waals surface area contributed by atoms with Crippen molar-refractivity contribution >= 4 is 58.0 Å². The molecule has 0 bridgehead atoms. The quantitative estimate of drug-likeness (QED) is 0.735. The second-order valence-corrected chi connectivity index (χ2v) is 6.06. The number of ether oxygens (including phenoxy) is 1. The molecule has 0 saturated carbocycles. The molecule has 0 aliphatic rings. The van der Waals surface area contributed by atoms with Crippen molar-refractivity contribution in [2.45, 2.75) is 6.42 Å². The molecule has 0 aromatic heterocycles. The third kappa shape index (κ3) is 5.30. The van der Waals surface area contributed by atoms with Crippen molar-refractivity contribution in [3.8, 4) is 5.75 Å². The minimum atomic E-state index is -0.495. The Balaban J connectivity index is 1.94. The number of benzene rings is 2. The van der Waals surface area contributed by atoms with E-state index in [1.807, 2.05) is 0 Å². The van der Waals surface area contributed by atoms with Gasteiger partial charge in [-0.25, -0.2) is 0 Å². The van der Waals surface area contributed by atoms with E-state index < -0.39 is 11.8 Å². The highest BCUT2D eigenvalue weighted by atomic mass is 35.5. The van der Waals surface area contributed by atoms with E-state index in [1.165, 1.54) is 25.3 Å². The Bertz CT molecular complexity index is 761. The predicted octanol–water partition coefficient (Wildman–Crippen LogP) is 4.62. The number of nitrogens with one attached hydrogen (secondary N) is 2. The molecule has 0 aliphatic carbocycles. The first-order chi connectivity index (χ1) is 11.4. The Morgan fingerprint density at radius 1 is 0.917 bits per heavy atom. The van der Waals surface area contributed by atoms with Gasteiger partial charge in [0, 0.05) is 21.4 Å². The van der Waals surface area contributed by atoms with Crippen molar-refractivity contribution in [1.82, 2.24) is 0 Å². The standard InChI is InChI=1S/C16H13Cl3N2O3/c1-24-14-3-2-11(7-13(14)19)20-15(22)8-16(23)21-12-5-9(17)4-10(18)6-12/h2-7H,8H2,1H3,(H,20,22)(H,21,23). The van der Waals surface area contributed by atoms with Crippen LogP contribution in [0.15, 0.2) is 36.4 Å². The predicted molar refractivity (Wildman–Crippen MR) is 96.3 cm³/mol. The zero-order chi connectivity index (χ0) is 17.7. The minimum Gasteiger partial charge on any atom is -0.495 e. The molecule has 0 radical (unpaired) electrons. The Kier molecular flexibility index (Phi) is 6.31. The van der Waals surface area contributed by atoms with Gasteiger partial charge in [-0.3, -0.25) is 9.59 Å². The van der Waals surface area contributed by atoms with E-state index in [9.17, 15) is 9.59 Å². The topological polar surface area (TPSA) is 67.4 Å². The second-order valence-electron chi connectivity index (χ2n) is 4.78. The summed E-state index contributed by atoms with van der Waals surface area (Å²) < 4.78 is 5.02. The largest absolute Gasteiger partial charge is 0.495 e. The number of hydrogen-bond donors (Lipinski definition) is 2. The van der Waals surface area contributed by atoms with Gasteiger partial charge in [0.2, 0.25) is 11.8 Å². The number of halogens is 3. The smallest absolute Gasteiger partial charge is 0.233 e. The van der Waals surface area contributed by atoms with Crippen molar-refractivity contribution < 1.29 is 14.3 Å². The average molecular weight is 388 g/mol. The lowest BCUT2D eigenvalue weighted by atomic mass is 10.2. The summed E-state index contributed by atoms with van der Waals surface area (Å²) in [5.74, 6) is -0.488. The molecule has 0 aliphatic heterocycles. The van der Waals surface area contributed by atoms with E-state index in [0.717, 1.165) is 0 Å². The van der Waals surface area contributed by atoms with Crippen LogP contribution in [0.5, 0.6) is 5.75 Å². The summed E-state index contributed by atoms with van der Waals surface area (Å²) in [7, 11) is 1.49. The van der Waals surface area contributed by atoms with Crippen LogP contribution in [-0.2, 0) is 9.59 Å². The fraction of sp³-hybridized carbons (Fsp3) is 0.125. The maximum Gasteiger partial charge on any atom is 0.233 e. The van der Waals surface area contributed by atoms with Crippen LogP contribution in [0.1, 0.15) is 6.42 Å². The van der Waals surface area contributed by atoms with Crippen LogP contribution in [0.2, 0.25) is 15.1 Å². The van der Waals surface area contributed by atoms with Crippen molar-refractivity contribution in [3.05, 3.63) is 51.5 Å². The second kappa shape index (κ2) is 8.24. The molecule has 24 heavy (non-hydrogen) atoms. The minimum absolute atomic E-state index is 0.355. The fourth-order valence-corrected chi connectivity index (χ4v) is 2.71. The van der Waals surface area contributed by atoms with Gasteiger partial charge in [0.05, 0.1) is 12.1 Å². The average Bonchev–Trinajstić information content (AvgIpc) is 2.45. The Labute approximate surface area is 153 Å². The summed E-state index contributed by atoms with van der Waals surface area (Å²) >= 11 is 17.7. The molecular weight excluding hydrogens is 375 g/mol. The number of amides is 2. The van der Waals surface area contributed by atoms with Crippen molar-refractivity contribution in [2.75, 3.05) is 17.7 Å². The molecule has 0 saturated heterocycles. The zero-order valence-corrected chi connectivity index (χ0v) is 14.8. The molecule has 2 N–H and O–H groups in total. The van der Waals surface area contributed by atoms with Crippen molar-refractivity contribution in [2.24, 2.45) is 0 Å². The number of carbonyl (C=O) groups is 2. The van der Waals surface area contributed by atoms with Gasteiger partial charge < -0.3 is 15.4 Å². The van der Waals surface area contributed by atoms with Crippen LogP contribution in [0.4, 0.5) is 11.4 Å². The van der Waals surface area contributed by atoms with Gasteiger partial charge in [0.1, 0.15) is 12.2 Å². The van der Waals surface area contributed by atoms with Crippen LogP contribution in [0, 0.1) is 0 Å². The molecule has 0 spiro atoms. The zero-order valence-electron chi connectivity index (χ0n) is 12.5. The van der Waals surface area contributed by atoms with Gasteiger partial charge in [-0.2, -0.15) is 0 Å². The molecule has 0 unspecified atom stereocenters. The van der Waals surface area contributed by atoms with Crippen molar-refractivity contribution in [3.63, 3.8) is 0 Å². The summed E-state index contributed by atoms with van der Waals surface area (Å²) in [6, 6.07) is 9.38. The number of methoxy groups -OCH3 is 1. The van der Waals surface area contributed by atoms with Crippen LogP contribution < -0.4 is 15.4 Å². The first-order valence-corrected chi connectivity index (χ1v) is 7.90. The van der Waals surface area contributed by atoms with Crippen LogP contribution in [0.3, 0.4) is 0 Å². The van der Waals surface area contributed by atoms with E-state index in [0.29, 0.717) is 32.2 Å². The van der Waals surface area contributed by atoms with E-state index in [1.54, 1.807) is 18.2 Å². The molecule has 2 rings (SSSR count). The van der Waals surface area contributed by atoms with Gasteiger partial charge in [0.15, 0.2) is 0 Å². The van der Waals surface area contributed by atoms with E-state index in [-0.39, 0.29) is 6.42 Å². The normalized spacial score (nSPS) is 10.2. The Morgan fingerprint density at radius 2 is 1.50 bits per heavy atom. The number of hydrogen-bond acceptors (Lipinski definition) is 3. The summed E-state index contributed by atoms with van der Waals surface area (Å²) in [6.45, 7) is 0. The Morgan fingerprint density at radius 3 is 2.04 bits per heavy atom. The van der Waals surface area contributed by atoms with E-state index >= 15 is 0 Å². The molecule has 0 heterocycles. The third-order valence-electron chi connectivity index (χ3n) is 2.90. The van der Waals surface area contributed by atoms with Gasteiger partial charge in [-0.1, -0.05) is 34.8 Å². The summed E-state index contributed by atoms with van der Waals surface area (Å²) in [5, 5.41) is 6.26. The lowest BCUT2D eigenvalue weighted by Crippen LogP contribution is -2.21. The molecule has 5 nitrogen and oxygen atoms in total. The number of anilines is 2. The SMILES string of the molecule is COc1ccc(NC(=O)CC(=O)Nc2cc(Cl)cc(Cl)c2)cc1Cl. The lowest BCUT2D eigenvalue weighted by Gasteiger charge is -2.09. The molecule has 126 valence electrons. The fourth-order valence-electron chi connectivity index (χ4n) is 1.93.